The van der Waals surface area contributed by atoms with Crippen molar-refractivity contribution in [1.29, 1.82) is 0 Å². The lowest BCUT2D eigenvalue weighted by molar-refractivity contribution is 0.549. The molecule has 2 rings (SSSR count). The molecule has 1 aromatic heterocycles. The first-order valence-corrected chi connectivity index (χ1v) is 5.43. The summed E-state index contributed by atoms with van der Waals surface area (Å²) >= 11 is 0. The van der Waals surface area contributed by atoms with Crippen LogP contribution in [-0.4, -0.2) is 10.2 Å². The molecule has 0 radical (unpaired) electrons. The van der Waals surface area contributed by atoms with Gasteiger partial charge in [-0.3, -0.25) is 5.10 Å². The summed E-state index contributed by atoms with van der Waals surface area (Å²) in [6.45, 7) is 3.98. The zero-order valence-electron chi connectivity index (χ0n) is 9.70. The lowest BCUT2D eigenvalue weighted by Gasteiger charge is -2.18. The van der Waals surface area contributed by atoms with E-state index in [-0.39, 0.29) is 5.54 Å². The predicted octanol–water partition coefficient (Wildman–Crippen LogP) is 2.19. The molecule has 0 aliphatic rings. The maximum absolute atomic E-state index is 6.10. The summed E-state index contributed by atoms with van der Waals surface area (Å²) in [7, 11) is 0. The largest absolute Gasteiger partial charge is 0.322 e. The van der Waals surface area contributed by atoms with Crippen LogP contribution in [0.25, 0.3) is 0 Å². The number of rotatable bonds is 3. The molecular weight excluding hydrogens is 198 g/mol. The molecule has 0 amide bonds. The summed E-state index contributed by atoms with van der Waals surface area (Å²) in [5, 5.41) is 7.17. The Morgan fingerprint density at radius 2 is 1.94 bits per heavy atom. The summed E-state index contributed by atoms with van der Waals surface area (Å²) < 4.78 is 0. The molecule has 0 aliphatic heterocycles. The van der Waals surface area contributed by atoms with Crippen LogP contribution >= 0.6 is 0 Å². The number of hydrogen-bond acceptors (Lipinski definition) is 2. The minimum absolute atomic E-state index is 0.350. The average Bonchev–Trinajstić information content (AvgIpc) is 2.67. The second-order valence-corrected chi connectivity index (χ2v) is 4.63. The van der Waals surface area contributed by atoms with Crippen LogP contribution in [0.3, 0.4) is 0 Å². The molecule has 16 heavy (non-hydrogen) atoms. The van der Waals surface area contributed by atoms with Gasteiger partial charge in [0.25, 0.3) is 0 Å². The Kier molecular flexibility index (Phi) is 2.79. The first kappa shape index (κ1) is 10.9. The Morgan fingerprint density at radius 1 is 1.25 bits per heavy atom. The van der Waals surface area contributed by atoms with Crippen LogP contribution in [0.1, 0.15) is 30.7 Å². The number of H-pyrrole nitrogens is 1. The molecule has 0 spiro atoms. The number of benzene rings is 1. The normalized spacial score (nSPS) is 11.7. The van der Waals surface area contributed by atoms with Gasteiger partial charge < -0.3 is 5.73 Å². The number of hydrogen-bond donors (Lipinski definition) is 2. The minimum atomic E-state index is -0.350. The Labute approximate surface area is 95.7 Å². The van der Waals surface area contributed by atoms with Crippen molar-refractivity contribution in [2.75, 3.05) is 0 Å². The standard InChI is InChI=1S/C13H17N3/c1-13(2,14)11-9-15-16-12(11)8-10-6-4-3-5-7-10/h3-7,9H,8,14H2,1-2H3,(H,15,16). The molecule has 0 fully saturated rings. The number of nitrogens with zero attached hydrogens (tertiary/aromatic N) is 1. The smallest absolute Gasteiger partial charge is 0.0716 e. The highest BCUT2D eigenvalue weighted by molar-refractivity contribution is 5.30. The van der Waals surface area contributed by atoms with Crippen molar-refractivity contribution in [3.63, 3.8) is 0 Å². The highest BCUT2D eigenvalue weighted by atomic mass is 15.1. The lowest BCUT2D eigenvalue weighted by atomic mass is 9.94. The number of nitrogens with two attached hydrogens (primary N) is 1. The van der Waals surface area contributed by atoms with E-state index in [0.717, 1.165) is 17.7 Å². The van der Waals surface area contributed by atoms with E-state index in [0.29, 0.717) is 0 Å². The van der Waals surface area contributed by atoms with Crippen LogP contribution in [0.2, 0.25) is 0 Å². The van der Waals surface area contributed by atoms with Gasteiger partial charge in [0.1, 0.15) is 0 Å². The Bertz CT molecular complexity index is 452. The van der Waals surface area contributed by atoms with E-state index in [1.54, 1.807) is 0 Å². The first-order valence-electron chi connectivity index (χ1n) is 5.43. The van der Waals surface area contributed by atoms with Crippen LogP contribution < -0.4 is 5.73 Å². The molecule has 3 heteroatoms. The fourth-order valence-electron chi connectivity index (χ4n) is 1.80. The molecule has 3 N–H and O–H groups in total. The van der Waals surface area contributed by atoms with Crippen LogP contribution in [0.15, 0.2) is 36.5 Å². The minimum Gasteiger partial charge on any atom is -0.322 e. The van der Waals surface area contributed by atoms with Crippen LogP contribution in [0.5, 0.6) is 0 Å². The Balaban J connectivity index is 2.26. The van der Waals surface area contributed by atoms with Gasteiger partial charge in [-0.25, -0.2) is 0 Å². The van der Waals surface area contributed by atoms with E-state index in [9.17, 15) is 0 Å². The molecular formula is C13H17N3. The molecule has 1 aromatic carbocycles. The second-order valence-electron chi connectivity index (χ2n) is 4.63. The molecule has 0 saturated heterocycles. The molecule has 84 valence electrons. The first-order chi connectivity index (χ1) is 7.57. The van der Waals surface area contributed by atoms with Gasteiger partial charge >= 0.3 is 0 Å². The zero-order valence-corrected chi connectivity index (χ0v) is 9.70. The Morgan fingerprint density at radius 3 is 2.56 bits per heavy atom. The maximum atomic E-state index is 6.10. The van der Waals surface area contributed by atoms with E-state index in [1.807, 2.05) is 38.2 Å². The van der Waals surface area contributed by atoms with Crippen LogP contribution in [0.4, 0.5) is 0 Å². The van der Waals surface area contributed by atoms with Crippen molar-refractivity contribution in [3.05, 3.63) is 53.3 Å². The SMILES string of the molecule is CC(C)(N)c1c[nH]nc1Cc1ccccc1. The molecule has 0 unspecified atom stereocenters. The predicted molar refractivity (Wildman–Crippen MR) is 65.0 cm³/mol. The van der Waals surface area contributed by atoms with E-state index < -0.39 is 0 Å². The van der Waals surface area contributed by atoms with E-state index in [2.05, 4.69) is 22.3 Å². The zero-order chi connectivity index (χ0) is 11.6. The lowest BCUT2D eigenvalue weighted by Crippen LogP contribution is -2.29. The summed E-state index contributed by atoms with van der Waals surface area (Å²) in [6, 6.07) is 10.3. The van der Waals surface area contributed by atoms with Gasteiger partial charge in [0.2, 0.25) is 0 Å². The van der Waals surface area contributed by atoms with Crippen molar-refractivity contribution in [1.82, 2.24) is 10.2 Å². The quantitative estimate of drug-likeness (QED) is 0.824. The molecule has 0 bridgehead atoms. The second kappa shape index (κ2) is 4.10. The van der Waals surface area contributed by atoms with Gasteiger partial charge in [-0.15, -0.1) is 0 Å². The van der Waals surface area contributed by atoms with E-state index in [4.69, 9.17) is 5.73 Å². The molecule has 3 nitrogen and oxygen atoms in total. The van der Waals surface area contributed by atoms with Gasteiger partial charge in [-0.05, 0) is 19.4 Å². The third-order valence-electron chi connectivity index (χ3n) is 2.63. The van der Waals surface area contributed by atoms with Crippen molar-refractivity contribution in [2.24, 2.45) is 5.73 Å². The third-order valence-corrected chi connectivity index (χ3v) is 2.63. The van der Waals surface area contributed by atoms with Crippen LogP contribution in [-0.2, 0) is 12.0 Å². The number of aromatic amines is 1. The van der Waals surface area contributed by atoms with E-state index in [1.165, 1.54) is 5.56 Å². The van der Waals surface area contributed by atoms with Crippen molar-refractivity contribution < 1.29 is 0 Å². The molecule has 0 saturated carbocycles. The van der Waals surface area contributed by atoms with Crippen molar-refractivity contribution in [3.8, 4) is 0 Å². The fourth-order valence-corrected chi connectivity index (χ4v) is 1.80. The van der Waals surface area contributed by atoms with Gasteiger partial charge in [-0.2, -0.15) is 5.10 Å². The van der Waals surface area contributed by atoms with Crippen molar-refractivity contribution >= 4 is 0 Å². The number of nitrogens with one attached hydrogen (secondary N) is 1. The Hall–Kier alpha value is -1.61. The molecule has 0 atom stereocenters. The topological polar surface area (TPSA) is 54.7 Å². The van der Waals surface area contributed by atoms with E-state index >= 15 is 0 Å². The van der Waals surface area contributed by atoms with Gasteiger partial charge in [0.15, 0.2) is 0 Å². The fraction of sp³-hybridized carbons (Fsp3) is 0.308. The number of aromatic nitrogens is 2. The molecule has 2 aromatic rings. The molecule has 0 aliphatic carbocycles. The van der Waals surface area contributed by atoms with Gasteiger partial charge in [-0.1, -0.05) is 30.3 Å². The summed E-state index contributed by atoms with van der Waals surface area (Å²) in [5.74, 6) is 0. The monoisotopic (exact) mass is 215 g/mol. The highest BCUT2D eigenvalue weighted by Crippen LogP contribution is 2.21. The van der Waals surface area contributed by atoms with Crippen LogP contribution in [0, 0.1) is 0 Å². The average molecular weight is 215 g/mol. The summed E-state index contributed by atoms with van der Waals surface area (Å²) in [4.78, 5) is 0. The third kappa shape index (κ3) is 2.31. The highest BCUT2D eigenvalue weighted by Gasteiger charge is 2.20. The summed E-state index contributed by atoms with van der Waals surface area (Å²) in [6.07, 6.45) is 2.71. The van der Waals surface area contributed by atoms with Gasteiger partial charge in [0, 0.05) is 23.7 Å². The van der Waals surface area contributed by atoms with Gasteiger partial charge in [0.05, 0.1) is 5.69 Å². The maximum Gasteiger partial charge on any atom is 0.0716 e. The summed E-state index contributed by atoms with van der Waals surface area (Å²) in [5.41, 5.74) is 9.10. The van der Waals surface area contributed by atoms with Crippen molar-refractivity contribution in [2.45, 2.75) is 25.8 Å². The molecule has 1 heterocycles.